The first-order valence-corrected chi connectivity index (χ1v) is 6.00. The maximum Gasteiger partial charge on any atom is 0.122 e. The number of hydrogen-bond donors (Lipinski definition) is 1. The average molecular weight is 229 g/mol. The predicted molar refractivity (Wildman–Crippen MR) is 70.8 cm³/mol. The fourth-order valence-electron chi connectivity index (χ4n) is 1.95. The van der Waals surface area contributed by atoms with E-state index in [1.807, 2.05) is 13.2 Å². The first-order chi connectivity index (χ1) is 8.26. The fraction of sp³-hybridized carbons (Fsp3) is 0.357. The standard InChI is InChI=1S/C14H19N3/c1-4-11-5-7-12(8-6-11)13-9-16-14(10-15-2)17(13)3/h5-9,15H,4,10H2,1-3H3. The van der Waals surface area contributed by atoms with Crippen LogP contribution >= 0.6 is 0 Å². The van der Waals surface area contributed by atoms with Crippen LogP contribution in [-0.2, 0) is 20.0 Å². The smallest absolute Gasteiger partial charge is 0.122 e. The molecule has 0 aliphatic heterocycles. The molecule has 0 unspecified atom stereocenters. The molecule has 0 saturated carbocycles. The van der Waals surface area contributed by atoms with E-state index in [-0.39, 0.29) is 0 Å². The Balaban J connectivity index is 2.32. The van der Waals surface area contributed by atoms with Crippen molar-refractivity contribution in [3.05, 3.63) is 41.9 Å². The second-order valence-electron chi connectivity index (χ2n) is 4.20. The summed E-state index contributed by atoms with van der Waals surface area (Å²) in [5.41, 5.74) is 3.75. The molecule has 1 N–H and O–H groups in total. The van der Waals surface area contributed by atoms with Crippen LogP contribution in [0.1, 0.15) is 18.3 Å². The summed E-state index contributed by atoms with van der Waals surface area (Å²) in [6, 6.07) is 8.69. The van der Waals surface area contributed by atoms with Gasteiger partial charge < -0.3 is 9.88 Å². The first-order valence-electron chi connectivity index (χ1n) is 6.00. The Labute approximate surface area is 103 Å². The highest BCUT2D eigenvalue weighted by atomic mass is 15.1. The van der Waals surface area contributed by atoms with Crippen LogP contribution in [0.15, 0.2) is 30.5 Å². The van der Waals surface area contributed by atoms with Gasteiger partial charge in [0.1, 0.15) is 5.82 Å². The summed E-state index contributed by atoms with van der Waals surface area (Å²) in [6.07, 6.45) is 3.02. The molecule has 3 nitrogen and oxygen atoms in total. The molecule has 1 aromatic carbocycles. The van der Waals surface area contributed by atoms with Crippen molar-refractivity contribution in [1.29, 1.82) is 0 Å². The second kappa shape index (κ2) is 5.15. The van der Waals surface area contributed by atoms with Gasteiger partial charge in [-0.05, 0) is 24.6 Å². The van der Waals surface area contributed by atoms with E-state index in [0.717, 1.165) is 24.5 Å². The highest BCUT2D eigenvalue weighted by Gasteiger charge is 2.07. The fourth-order valence-corrected chi connectivity index (χ4v) is 1.95. The highest BCUT2D eigenvalue weighted by Crippen LogP contribution is 2.20. The van der Waals surface area contributed by atoms with Gasteiger partial charge in [0.2, 0.25) is 0 Å². The van der Waals surface area contributed by atoms with Crippen molar-refractivity contribution in [3.8, 4) is 11.3 Å². The molecule has 90 valence electrons. The number of aromatic nitrogens is 2. The molecule has 1 heterocycles. The Bertz CT molecular complexity index is 483. The van der Waals surface area contributed by atoms with E-state index < -0.39 is 0 Å². The third kappa shape index (κ3) is 2.39. The summed E-state index contributed by atoms with van der Waals surface area (Å²) in [7, 11) is 3.99. The van der Waals surface area contributed by atoms with Crippen LogP contribution in [0.4, 0.5) is 0 Å². The molecular weight excluding hydrogens is 210 g/mol. The van der Waals surface area contributed by atoms with Crippen molar-refractivity contribution in [3.63, 3.8) is 0 Å². The van der Waals surface area contributed by atoms with Crippen LogP contribution in [0.2, 0.25) is 0 Å². The summed E-state index contributed by atoms with van der Waals surface area (Å²) < 4.78 is 2.14. The first kappa shape index (κ1) is 11.9. The van der Waals surface area contributed by atoms with Gasteiger partial charge in [-0.3, -0.25) is 0 Å². The molecule has 2 rings (SSSR count). The Hall–Kier alpha value is -1.61. The lowest BCUT2D eigenvalue weighted by molar-refractivity contribution is 0.712. The number of nitrogens with one attached hydrogen (secondary N) is 1. The maximum absolute atomic E-state index is 4.42. The lowest BCUT2D eigenvalue weighted by Crippen LogP contribution is -2.10. The van der Waals surface area contributed by atoms with Crippen molar-refractivity contribution in [2.75, 3.05) is 7.05 Å². The van der Waals surface area contributed by atoms with Crippen molar-refractivity contribution in [2.45, 2.75) is 19.9 Å². The van der Waals surface area contributed by atoms with Crippen LogP contribution in [0, 0.1) is 0 Å². The van der Waals surface area contributed by atoms with E-state index in [0.29, 0.717) is 0 Å². The predicted octanol–water partition coefficient (Wildman–Crippen LogP) is 2.37. The monoisotopic (exact) mass is 229 g/mol. The van der Waals surface area contributed by atoms with Gasteiger partial charge in [-0.25, -0.2) is 4.98 Å². The number of hydrogen-bond acceptors (Lipinski definition) is 2. The van der Waals surface area contributed by atoms with E-state index in [2.05, 4.69) is 53.1 Å². The minimum atomic E-state index is 0.795. The normalized spacial score (nSPS) is 10.8. The van der Waals surface area contributed by atoms with Crippen LogP contribution in [0.3, 0.4) is 0 Å². The number of rotatable bonds is 4. The van der Waals surface area contributed by atoms with Crippen molar-refractivity contribution >= 4 is 0 Å². The van der Waals surface area contributed by atoms with Crippen LogP contribution in [0.5, 0.6) is 0 Å². The van der Waals surface area contributed by atoms with E-state index in [1.165, 1.54) is 11.1 Å². The van der Waals surface area contributed by atoms with Crippen LogP contribution in [-0.4, -0.2) is 16.6 Å². The summed E-state index contributed by atoms with van der Waals surface area (Å²) in [4.78, 5) is 4.42. The van der Waals surface area contributed by atoms with Crippen LogP contribution < -0.4 is 5.32 Å². The van der Waals surface area contributed by atoms with Gasteiger partial charge >= 0.3 is 0 Å². The summed E-state index contributed by atoms with van der Waals surface area (Å²) in [6.45, 7) is 2.97. The van der Waals surface area contributed by atoms with Gasteiger partial charge in [-0.1, -0.05) is 31.2 Å². The molecule has 0 amide bonds. The van der Waals surface area contributed by atoms with Gasteiger partial charge in [0.15, 0.2) is 0 Å². The molecule has 17 heavy (non-hydrogen) atoms. The molecule has 0 atom stereocenters. The molecule has 0 radical (unpaired) electrons. The molecule has 0 bridgehead atoms. The highest BCUT2D eigenvalue weighted by molar-refractivity contribution is 5.59. The average Bonchev–Trinajstić information content (AvgIpc) is 2.72. The topological polar surface area (TPSA) is 29.9 Å². The van der Waals surface area contributed by atoms with Crippen LogP contribution in [0.25, 0.3) is 11.3 Å². The van der Waals surface area contributed by atoms with E-state index in [1.54, 1.807) is 0 Å². The van der Waals surface area contributed by atoms with Gasteiger partial charge in [0, 0.05) is 7.05 Å². The number of imidazole rings is 1. The molecule has 0 fully saturated rings. The second-order valence-corrected chi connectivity index (χ2v) is 4.20. The van der Waals surface area contributed by atoms with Crippen molar-refractivity contribution in [2.24, 2.45) is 7.05 Å². The van der Waals surface area contributed by atoms with Crippen molar-refractivity contribution < 1.29 is 0 Å². The number of nitrogens with zero attached hydrogens (tertiary/aromatic N) is 2. The zero-order valence-corrected chi connectivity index (χ0v) is 10.7. The molecule has 3 heteroatoms. The van der Waals surface area contributed by atoms with Crippen molar-refractivity contribution in [1.82, 2.24) is 14.9 Å². The maximum atomic E-state index is 4.42. The summed E-state index contributed by atoms with van der Waals surface area (Å²) in [5, 5.41) is 3.12. The molecule has 1 aromatic heterocycles. The van der Waals surface area contributed by atoms with Gasteiger partial charge in [0.05, 0.1) is 18.4 Å². The Morgan fingerprint density at radius 2 is 1.94 bits per heavy atom. The minimum Gasteiger partial charge on any atom is -0.330 e. The quantitative estimate of drug-likeness (QED) is 0.872. The lowest BCUT2D eigenvalue weighted by atomic mass is 10.1. The molecular formula is C14H19N3. The van der Waals surface area contributed by atoms with E-state index in [9.17, 15) is 0 Å². The third-order valence-electron chi connectivity index (χ3n) is 3.08. The largest absolute Gasteiger partial charge is 0.330 e. The Morgan fingerprint density at radius 1 is 1.24 bits per heavy atom. The van der Waals surface area contributed by atoms with E-state index >= 15 is 0 Å². The summed E-state index contributed by atoms with van der Waals surface area (Å²) >= 11 is 0. The number of aryl methyl sites for hydroxylation is 1. The molecule has 0 spiro atoms. The number of benzene rings is 1. The molecule has 0 aliphatic rings. The molecule has 0 saturated heterocycles. The van der Waals surface area contributed by atoms with E-state index in [4.69, 9.17) is 0 Å². The zero-order valence-electron chi connectivity index (χ0n) is 10.7. The Morgan fingerprint density at radius 3 is 2.53 bits per heavy atom. The molecule has 2 aromatic rings. The summed E-state index contributed by atoms with van der Waals surface area (Å²) in [5.74, 6) is 1.06. The van der Waals surface area contributed by atoms with Gasteiger partial charge in [-0.2, -0.15) is 0 Å². The molecule has 0 aliphatic carbocycles. The minimum absolute atomic E-state index is 0.795. The van der Waals surface area contributed by atoms with Gasteiger partial charge in [0.25, 0.3) is 0 Å². The zero-order chi connectivity index (χ0) is 12.3. The third-order valence-corrected chi connectivity index (χ3v) is 3.08. The Kier molecular flexibility index (Phi) is 3.59. The SMILES string of the molecule is CCc1ccc(-c2cnc(CNC)n2C)cc1. The van der Waals surface area contributed by atoms with Gasteiger partial charge in [-0.15, -0.1) is 0 Å². The lowest BCUT2D eigenvalue weighted by Gasteiger charge is -2.06.